The maximum absolute atomic E-state index is 8.80. The number of aromatic nitrogens is 24. The number of pyridine rings is 4. The van der Waals surface area contributed by atoms with Crippen LogP contribution in [0.1, 0.15) is 87.9 Å². The van der Waals surface area contributed by atoms with Crippen LogP contribution in [0.15, 0.2) is 196 Å². The smallest absolute Gasteiger partial charge is 0.229 e. The molecule has 0 unspecified atom stereocenters. The molecular weight excluding hydrogens is 1540 g/mol. The minimum Gasteiger partial charge on any atom is -0.508 e. The van der Waals surface area contributed by atoms with Crippen molar-refractivity contribution in [2.45, 2.75) is 106 Å². The standard InChI is InChI=1S/C22H21N7O.C21H25N7O.C14H13ClN4O.C14H13N7.C8H9N3.C7H8O2/c1-14-10-20-23-8-9-28(20)13-19(14)25-22-24-11-18-15(2)27-29(21(18)26-22)12-16-4-6-17(30-3)7-5-16;1-13-10-19-22-8-9-27(19)12-18(13)24-21-23-11-17-14(2)26-28(20(17)25-21)15-4-6-16(29-3)7-5-15;1-9-12-7-16-14(15)17-13(12)19(18-9)8-10-3-5-11(20-2)6-4-10;1-8-5-12-15-3-4-21(12)7-11(8)17-14-16-6-10-9(2)19-20-13(10)18-14;1-6-4-8-10-2-3-11(8)5-7(6)9;1-9-7-4-2-6(8)3-5-7/h4-11,13H,12H2,1-3H3,(H,24,25,26);8-12,15-16H,4-7H2,1-3H3,(H,23,24,25);3-7H,8H2,1-2H3;3-7H,1-2H3,(H2,16,17,18,19,20);2-5H,9H2,1H3;2-5,8H,1H3. The molecule has 20 rings (SSSR count). The maximum Gasteiger partial charge on any atom is 0.229 e. The van der Waals surface area contributed by atoms with E-state index in [0.717, 1.165) is 183 Å². The molecule has 16 aromatic heterocycles. The number of ether oxygens (including phenoxy) is 4. The first-order valence-corrected chi connectivity index (χ1v) is 38.9. The van der Waals surface area contributed by atoms with Gasteiger partial charge in [0, 0.05) is 112 Å². The number of methoxy groups -OCH3 is 4. The predicted octanol–water partition coefficient (Wildman–Crippen LogP) is 15.7. The van der Waals surface area contributed by atoms with Crippen LogP contribution in [-0.4, -0.2) is 157 Å². The van der Waals surface area contributed by atoms with Gasteiger partial charge in [0.25, 0.3) is 0 Å². The molecule has 0 radical (unpaired) electrons. The fourth-order valence-corrected chi connectivity index (χ4v) is 13.9. The van der Waals surface area contributed by atoms with Gasteiger partial charge in [0.2, 0.25) is 23.1 Å². The Kier molecular flexibility index (Phi) is 24.0. The van der Waals surface area contributed by atoms with Crippen LogP contribution in [0.3, 0.4) is 0 Å². The highest BCUT2D eigenvalue weighted by atomic mass is 35.5. The summed E-state index contributed by atoms with van der Waals surface area (Å²) in [7, 11) is 6.70. The number of phenols is 1. The molecule has 610 valence electrons. The highest BCUT2D eigenvalue weighted by Crippen LogP contribution is 2.34. The number of hydrogen-bond donors (Lipinski definition) is 6. The predicted molar refractivity (Wildman–Crippen MR) is 463 cm³/mol. The Morgan fingerprint density at radius 2 is 0.842 bits per heavy atom. The summed E-state index contributed by atoms with van der Waals surface area (Å²) < 4.78 is 34.4. The average molecular weight is 1630 g/mol. The molecule has 19 aromatic rings. The van der Waals surface area contributed by atoms with Crippen molar-refractivity contribution in [3.05, 3.63) is 258 Å². The number of phenolic OH excluding ortho intramolecular Hbond substituents is 1. The molecule has 120 heavy (non-hydrogen) atoms. The van der Waals surface area contributed by atoms with E-state index in [9.17, 15) is 0 Å². The lowest BCUT2D eigenvalue weighted by molar-refractivity contribution is 0.0573. The Bertz CT molecular complexity index is 6740. The Morgan fingerprint density at radius 3 is 1.30 bits per heavy atom. The minimum absolute atomic E-state index is 0.230. The summed E-state index contributed by atoms with van der Waals surface area (Å²) in [6.45, 7) is 17.2. The molecule has 1 saturated carbocycles. The number of nitrogens with zero attached hydrogens (tertiary/aromatic N) is 23. The normalized spacial score (nSPS) is 13.1. The van der Waals surface area contributed by atoms with Crippen LogP contribution in [0.25, 0.3) is 66.7 Å². The Hall–Kier alpha value is -14.7. The fraction of sp³-hybridized carbons (Fsp3) is 0.233. The Balaban J connectivity index is 0.000000117. The van der Waals surface area contributed by atoms with E-state index in [2.05, 4.69) is 97.8 Å². The summed E-state index contributed by atoms with van der Waals surface area (Å²) in [4.78, 5) is 52.7. The first-order chi connectivity index (χ1) is 58.2. The zero-order chi connectivity index (χ0) is 83.7. The molecule has 1 aliphatic carbocycles. The van der Waals surface area contributed by atoms with Crippen molar-refractivity contribution in [2.75, 3.05) is 50.1 Å². The molecule has 0 bridgehead atoms. The zero-order valence-corrected chi connectivity index (χ0v) is 68.9. The van der Waals surface area contributed by atoms with Crippen molar-refractivity contribution < 1.29 is 24.1 Å². The Labute approximate surface area is 693 Å². The van der Waals surface area contributed by atoms with Crippen molar-refractivity contribution in [3.8, 4) is 23.0 Å². The summed E-state index contributed by atoms with van der Waals surface area (Å²) in [6, 6.07) is 30.8. The van der Waals surface area contributed by atoms with Crippen molar-refractivity contribution in [3.63, 3.8) is 0 Å². The summed E-state index contributed by atoms with van der Waals surface area (Å²) in [5.41, 5.74) is 26.4. The van der Waals surface area contributed by atoms with E-state index in [1.165, 1.54) is 0 Å². The summed E-state index contributed by atoms with van der Waals surface area (Å²) in [6.07, 6.45) is 34.3. The van der Waals surface area contributed by atoms with E-state index in [-0.39, 0.29) is 11.0 Å². The van der Waals surface area contributed by atoms with Crippen LogP contribution in [0, 0.1) is 55.4 Å². The third-order valence-corrected chi connectivity index (χ3v) is 20.7. The van der Waals surface area contributed by atoms with Gasteiger partial charge in [-0.3, -0.25) is 5.10 Å². The SMILES string of the molecule is COC1CCC(n2nc(C)c3cnc(Nc4cn5ccnc5cc4C)nc32)CC1.COc1ccc(Cn2nc(C)c3cnc(Cl)nc32)cc1.COc1ccc(Cn2nc(C)c3cnc(Nc4cn5ccnc5cc4C)nc32)cc1.COc1ccc(O)cc1.Cc1cc2nccn2cc1N.Cc1cc2nccn2cc1Nc1ncc2c(C)[nH]nc2n1. The molecule has 33 nitrogen and oxygen atoms in total. The van der Waals surface area contributed by atoms with E-state index in [1.807, 2.05) is 210 Å². The molecular formula is C86H89ClN28O5. The second-order valence-electron chi connectivity index (χ2n) is 28.8. The third kappa shape index (κ3) is 18.4. The molecule has 1 fully saturated rings. The number of nitrogens with one attached hydrogen (secondary N) is 4. The fourth-order valence-electron chi connectivity index (χ4n) is 13.8. The lowest BCUT2D eigenvalue weighted by atomic mass is 9.93. The molecule has 0 spiro atoms. The van der Waals surface area contributed by atoms with Crippen LogP contribution in [0.4, 0.5) is 40.6 Å². The van der Waals surface area contributed by atoms with Gasteiger partial charge in [0.1, 0.15) is 45.6 Å². The number of nitrogen functional groups attached to an aromatic ring is 1. The molecule has 16 heterocycles. The molecule has 7 N–H and O–H groups in total. The number of aryl methyl sites for hydroxylation is 8. The number of hydrogen-bond acceptors (Lipinski definition) is 25. The van der Waals surface area contributed by atoms with Crippen LogP contribution in [0.5, 0.6) is 23.0 Å². The van der Waals surface area contributed by atoms with Crippen molar-refractivity contribution in [1.29, 1.82) is 0 Å². The number of rotatable bonds is 15. The number of benzene rings is 3. The topological polar surface area (TPSA) is 374 Å². The van der Waals surface area contributed by atoms with Gasteiger partial charge in [-0.15, -0.1) is 0 Å². The second kappa shape index (κ2) is 35.8. The molecule has 0 atom stereocenters. The first-order valence-electron chi connectivity index (χ1n) is 38.6. The molecule has 3 aromatic carbocycles. The van der Waals surface area contributed by atoms with E-state index >= 15 is 0 Å². The van der Waals surface area contributed by atoms with E-state index in [4.69, 9.17) is 56.5 Å². The van der Waals surface area contributed by atoms with Gasteiger partial charge >= 0.3 is 0 Å². The van der Waals surface area contributed by atoms with Gasteiger partial charge in [0.15, 0.2) is 22.6 Å². The number of halogens is 1. The highest BCUT2D eigenvalue weighted by molar-refractivity contribution is 6.28. The van der Waals surface area contributed by atoms with Crippen molar-refractivity contribution in [2.24, 2.45) is 0 Å². The van der Waals surface area contributed by atoms with Crippen LogP contribution >= 0.6 is 11.6 Å². The molecule has 34 heteroatoms. The summed E-state index contributed by atoms with van der Waals surface area (Å²) in [5.74, 6) is 4.31. The number of nitrogens with two attached hydrogens (primary N) is 1. The van der Waals surface area contributed by atoms with Gasteiger partial charge < -0.3 is 63.3 Å². The number of H-pyrrole nitrogens is 1. The van der Waals surface area contributed by atoms with Crippen LogP contribution in [-0.2, 0) is 17.8 Å². The van der Waals surface area contributed by atoms with Gasteiger partial charge in [0.05, 0.1) is 108 Å². The third-order valence-electron chi connectivity index (χ3n) is 20.6. The first kappa shape index (κ1) is 80.5. The molecule has 0 saturated heterocycles. The van der Waals surface area contributed by atoms with Gasteiger partial charge in [-0.25, -0.2) is 53.9 Å². The van der Waals surface area contributed by atoms with Gasteiger partial charge in [-0.1, -0.05) is 24.3 Å². The monoisotopic (exact) mass is 1630 g/mol. The quantitative estimate of drug-likeness (QED) is 0.0519. The van der Waals surface area contributed by atoms with E-state index in [1.54, 1.807) is 89.9 Å². The minimum atomic E-state index is 0.230. The lowest BCUT2D eigenvalue weighted by Crippen LogP contribution is -2.23. The number of fused-ring (bicyclic) bond motifs is 8. The molecule has 0 amide bonds. The Morgan fingerprint density at radius 1 is 0.450 bits per heavy atom. The van der Waals surface area contributed by atoms with Gasteiger partial charge in [-0.2, -0.15) is 40.3 Å². The zero-order valence-electron chi connectivity index (χ0n) is 68.2. The number of aromatic hydroxyl groups is 1. The summed E-state index contributed by atoms with van der Waals surface area (Å²) >= 11 is 5.86. The van der Waals surface area contributed by atoms with Crippen molar-refractivity contribution in [1.82, 2.24) is 117 Å². The number of imidazole rings is 4. The largest absolute Gasteiger partial charge is 0.508 e. The molecule has 0 aliphatic heterocycles. The van der Waals surface area contributed by atoms with Crippen LogP contribution < -0.4 is 35.9 Å². The van der Waals surface area contributed by atoms with Crippen molar-refractivity contribution >= 4 is 119 Å². The lowest BCUT2D eigenvalue weighted by Gasteiger charge is -2.27. The highest BCUT2D eigenvalue weighted by Gasteiger charge is 2.26. The number of aromatic amines is 1. The second-order valence-corrected chi connectivity index (χ2v) is 29.1. The summed E-state index contributed by atoms with van der Waals surface area (Å²) in [5, 5.41) is 43.8. The van der Waals surface area contributed by atoms with Gasteiger partial charge in [-0.05, 0) is 199 Å². The number of anilines is 7. The molecule has 1 aliphatic rings. The van der Waals surface area contributed by atoms with E-state index < -0.39 is 0 Å². The maximum atomic E-state index is 8.80. The van der Waals surface area contributed by atoms with Crippen LogP contribution in [0.2, 0.25) is 5.28 Å². The average Bonchev–Trinajstić information content (AvgIpc) is 1.63. The van der Waals surface area contributed by atoms with E-state index in [0.29, 0.717) is 48.7 Å².